The van der Waals surface area contributed by atoms with Crippen molar-refractivity contribution >= 4 is 11.9 Å². The number of carbonyl (C=O) groups excluding carboxylic acids is 2. The van der Waals surface area contributed by atoms with E-state index in [-0.39, 0.29) is 18.5 Å². The summed E-state index contributed by atoms with van der Waals surface area (Å²) in [5.74, 6) is -0.0626. The third-order valence-corrected chi connectivity index (χ3v) is 15.1. The van der Waals surface area contributed by atoms with Gasteiger partial charge in [-0.3, -0.25) is 9.59 Å². The van der Waals surface area contributed by atoms with Gasteiger partial charge in [-0.1, -0.05) is 294 Å². The Morgan fingerprint density at radius 1 is 0.370 bits per heavy atom. The van der Waals surface area contributed by atoms with E-state index in [0.717, 1.165) is 44.9 Å². The first-order valence-electron chi connectivity index (χ1n) is 32.8. The monoisotopic (exact) mass is 1030 g/mol. The number of unbranched alkanes of at least 4 members (excludes halogenated alkanes) is 46. The van der Waals surface area contributed by atoms with E-state index in [1.54, 1.807) is 6.08 Å². The highest BCUT2D eigenvalue weighted by Gasteiger charge is 2.18. The SMILES string of the molecule is CCCCCCC/C=C\CCCCCCCC(=O)OCCCCCCCCCCCCCC/C=C\CCCCCCCCCCCCC(=O)NC(CO)C(O)/C=C/CCCCCCCCCCCCCCCC. The topological polar surface area (TPSA) is 95.9 Å². The summed E-state index contributed by atoms with van der Waals surface area (Å²) in [5, 5.41) is 23.2. The molecule has 0 saturated heterocycles. The Balaban J connectivity index is 3.41. The van der Waals surface area contributed by atoms with Crippen molar-refractivity contribution in [2.24, 2.45) is 0 Å². The normalized spacial score (nSPS) is 12.8. The quantitative estimate of drug-likeness (QED) is 0.0320. The van der Waals surface area contributed by atoms with Gasteiger partial charge in [-0.2, -0.15) is 0 Å². The number of esters is 1. The molecule has 0 rings (SSSR count). The van der Waals surface area contributed by atoms with E-state index in [1.807, 2.05) is 6.08 Å². The van der Waals surface area contributed by atoms with E-state index < -0.39 is 12.1 Å². The van der Waals surface area contributed by atoms with E-state index >= 15 is 0 Å². The van der Waals surface area contributed by atoms with Crippen LogP contribution in [0.15, 0.2) is 36.5 Å². The van der Waals surface area contributed by atoms with E-state index in [9.17, 15) is 19.8 Å². The van der Waals surface area contributed by atoms with Gasteiger partial charge in [-0.15, -0.1) is 0 Å². The summed E-state index contributed by atoms with van der Waals surface area (Å²) in [4.78, 5) is 24.5. The van der Waals surface area contributed by atoms with Crippen LogP contribution >= 0.6 is 0 Å². The molecular formula is C67H127NO5. The molecule has 0 aliphatic carbocycles. The van der Waals surface area contributed by atoms with Gasteiger partial charge in [0.15, 0.2) is 0 Å². The number of ether oxygens (including phenoxy) is 1. The average Bonchev–Trinajstić information content (AvgIpc) is 3.39. The molecule has 0 aliphatic rings. The molecule has 0 radical (unpaired) electrons. The van der Waals surface area contributed by atoms with Crippen LogP contribution in [0.1, 0.15) is 354 Å². The molecule has 0 heterocycles. The number of amides is 1. The predicted molar refractivity (Wildman–Crippen MR) is 319 cm³/mol. The molecule has 6 heteroatoms. The molecule has 0 aromatic carbocycles. The van der Waals surface area contributed by atoms with Crippen LogP contribution in [0.2, 0.25) is 0 Å². The number of hydrogen-bond donors (Lipinski definition) is 3. The Labute approximate surface area is 455 Å². The fraction of sp³-hybridized carbons (Fsp3) is 0.881. The molecule has 0 saturated carbocycles. The van der Waals surface area contributed by atoms with Crippen LogP contribution in [0.4, 0.5) is 0 Å². The van der Waals surface area contributed by atoms with Gasteiger partial charge in [0.2, 0.25) is 5.91 Å². The molecule has 0 aliphatic heterocycles. The molecule has 2 atom stereocenters. The lowest BCUT2D eigenvalue weighted by Crippen LogP contribution is -2.45. The molecule has 430 valence electrons. The van der Waals surface area contributed by atoms with Crippen molar-refractivity contribution in [2.45, 2.75) is 366 Å². The first kappa shape index (κ1) is 71.1. The van der Waals surface area contributed by atoms with Crippen molar-refractivity contribution in [3.63, 3.8) is 0 Å². The molecule has 0 bridgehead atoms. The Kier molecular flexibility index (Phi) is 61.0. The maximum absolute atomic E-state index is 12.5. The zero-order valence-electron chi connectivity index (χ0n) is 49.1. The maximum atomic E-state index is 12.5. The van der Waals surface area contributed by atoms with Gasteiger partial charge in [0, 0.05) is 12.8 Å². The number of nitrogens with one attached hydrogen (secondary N) is 1. The summed E-state index contributed by atoms with van der Waals surface area (Å²) in [6.07, 6.45) is 79.1. The van der Waals surface area contributed by atoms with E-state index in [4.69, 9.17) is 4.74 Å². The van der Waals surface area contributed by atoms with Gasteiger partial charge in [0.05, 0.1) is 25.4 Å². The summed E-state index contributed by atoms with van der Waals surface area (Å²) in [7, 11) is 0. The highest BCUT2D eigenvalue weighted by Crippen LogP contribution is 2.17. The van der Waals surface area contributed by atoms with Crippen molar-refractivity contribution < 1.29 is 24.5 Å². The van der Waals surface area contributed by atoms with E-state index in [1.165, 1.54) is 283 Å². The van der Waals surface area contributed by atoms with Gasteiger partial charge in [-0.05, 0) is 83.5 Å². The number of aliphatic hydroxyl groups excluding tert-OH is 2. The lowest BCUT2D eigenvalue weighted by atomic mass is 10.0. The van der Waals surface area contributed by atoms with Crippen LogP contribution in [0.5, 0.6) is 0 Å². The first-order valence-corrected chi connectivity index (χ1v) is 32.8. The molecule has 3 N–H and O–H groups in total. The smallest absolute Gasteiger partial charge is 0.305 e. The van der Waals surface area contributed by atoms with Crippen LogP contribution in [0.3, 0.4) is 0 Å². The Morgan fingerprint density at radius 2 is 0.644 bits per heavy atom. The minimum Gasteiger partial charge on any atom is -0.466 e. The van der Waals surface area contributed by atoms with E-state index in [2.05, 4.69) is 43.5 Å². The van der Waals surface area contributed by atoms with Gasteiger partial charge in [-0.25, -0.2) is 0 Å². The second kappa shape index (κ2) is 62.6. The Bertz CT molecular complexity index is 1180. The molecule has 0 aromatic rings. The maximum Gasteiger partial charge on any atom is 0.305 e. The summed E-state index contributed by atoms with van der Waals surface area (Å²) in [5.41, 5.74) is 0. The van der Waals surface area contributed by atoms with Gasteiger partial charge >= 0.3 is 5.97 Å². The second-order valence-electron chi connectivity index (χ2n) is 22.4. The number of hydrogen-bond acceptors (Lipinski definition) is 5. The van der Waals surface area contributed by atoms with Crippen LogP contribution in [-0.2, 0) is 14.3 Å². The van der Waals surface area contributed by atoms with E-state index in [0.29, 0.717) is 19.4 Å². The van der Waals surface area contributed by atoms with Crippen molar-refractivity contribution in [1.29, 1.82) is 0 Å². The standard InChI is InChI=1S/C67H127NO5/c1-3-5-7-9-11-13-15-17-19-32-35-39-43-47-51-55-59-65(70)64(63-69)68-66(71)60-56-52-48-44-40-36-33-30-28-26-24-22-20-21-23-25-27-29-31-34-38-42-46-50-54-58-62-73-67(72)61-57-53-49-45-41-37-18-16-14-12-10-8-6-4-2/h16,18,20,22,55,59,64-65,69-70H,3-15,17,19,21,23-54,56-58,60-63H2,1-2H3,(H,68,71)/b18-16-,22-20-,59-55+. The van der Waals surface area contributed by atoms with Crippen LogP contribution in [-0.4, -0.2) is 47.4 Å². The zero-order chi connectivity index (χ0) is 52.9. The number of aliphatic hydroxyl groups is 2. The lowest BCUT2D eigenvalue weighted by molar-refractivity contribution is -0.143. The van der Waals surface area contributed by atoms with Crippen LogP contribution in [0, 0.1) is 0 Å². The Hall–Kier alpha value is -1.92. The third-order valence-electron chi connectivity index (χ3n) is 15.1. The molecule has 6 nitrogen and oxygen atoms in total. The molecular weight excluding hydrogens is 899 g/mol. The zero-order valence-corrected chi connectivity index (χ0v) is 49.1. The Morgan fingerprint density at radius 3 is 0.973 bits per heavy atom. The minimum atomic E-state index is -0.846. The van der Waals surface area contributed by atoms with Gasteiger partial charge in [0.1, 0.15) is 0 Å². The summed E-state index contributed by atoms with van der Waals surface area (Å²) in [6, 6.07) is -0.629. The highest BCUT2D eigenvalue weighted by molar-refractivity contribution is 5.76. The van der Waals surface area contributed by atoms with Crippen molar-refractivity contribution in [3.05, 3.63) is 36.5 Å². The minimum absolute atomic E-state index is 0.00547. The molecule has 2 unspecified atom stereocenters. The molecule has 1 amide bonds. The fourth-order valence-electron chi connectivity index (χ4n) is 10.1. The fourth-order valence-corrected chi connectivity index (χ4v) is 10.1. The van der Waals surface area contributed by atoms with Crippen LogP contribution < -0.4 is 5.32 Å². The number of rotatable bonds is 61. The van der Waals surface area contributed by atoms with Crippen LogP contribution in [0.25, 0.3) is 0 Å². The average molecular weight is 1030 g/mol. The van der Waals surface area contributed by atoms with Gasteiger partial charge in [0.25, 0.3) is 0 Å². The molecule has 73 heavy (non-hydrogen) atoms. The molecule has 0 aromatic heterocycles. The third kappa shape index (κ3) is 59.2. The largest absolute Gasteiger partial charge is 0.466 e. The first-order chi connectivity index (χ1) is 36.0. The molecule has 0 spiro atoms. The number of allylic oxidation sites excluding steroid dienone is 5. The highest BCUT2D eigenvalue weighted by atomic mass is 16.5. The van der Waals surface area contributed by atoms with Crippen molar-refractivity contribution in [1.82, 2.24) is 5.32 Å². The summed E-state index contributed by atoms with van der Waals surface area (Å²) < 4.78 is 5.48. The van der Waals surface area contributed by atoms with Crippen molar-refractivity contribution in [2.75, 3.05) is 13.2 Å². The lowest BCUT2D eigenvalue weighted by Gasteiger charge is -2.20. The van der Waals surface area contributed by atoms with Gasteiger partial charge < -0.3 is 20.3 Å². The molecule has 0 fully saturated rings. The number of carbonyl (C=O) groups is 2. The van der Waals surface area contributed by atoms with Crippen molar-refractivity contribution in [3.8, 4) is 0 Å². The summed E-state index contributed by atoms with van der Waals surface area (Å²) >= 11 is 0. The summed E-state index contributed by atoms with van der Waals surface area (Å²) in [6.45, 7) is 4.91. The predicted octanol–water partition coefficient (Wildman–Crippen LogP) is 20.8. The second-order valence-corrected chi connectivity index (χ2v) is 22.4.